The molecule has 1 aromatic rings. The van der Waals surface area contributed by atoms with E-state index in [1.54, 1.807) is 0 Å². The largest absolute Gasteiger partial charge is 0.464 e. The first-order valence-electron chi connectivity index (χ1n) is 4.02. The summed E-state index contributed by atoms with van der Waals surface area (Å²) < 4.78 is 4.59. The maximum absolute atomic E-state index is 11.2. The highest BCUT2D eigenvalue weighted by atomic mass is 32.1. The predicted octanol–water partition coefficient (Wildman–Crippen LogP) is 1.46. The molecule has 5 heteroatoms. The van der Waals surface area contributed by atoms with E-state index in [9.17, 15) is 4.79 Å². The van der Waals surface area contributed by atoms with Crippen LogP contribution in [0.5, 0.6) is 0 Å². The lowest BCUT2D eigenvalue weighted by molar-refractivity contribution is 0.0594. The zero-order chi connectivity index (χ0) is 9.84. The van der Waals surface area contributed by atoms with Crippen molar-refractivity contribution in [3.8, 4) is 0 Å². The van der Waals surface area contributed by atoms with Crippen LogP contribution in [-0.4, -0.2) is 18.1 Å². The lowest BCUT2D eigenvalue weighted by atomic mass is 10.2. The van der Waals surface area contributed by atoms with Gasteiger partial charge in [0.15, 0.2) is 10.8 Å². The highest BCUT2D eigenvalue weighted by molar-refractivity contribution is 7.15. The fourth-order valence-corrected chi connectivity index (χ4v) is 1.94. The quantitative estimate of drug-likeness (QED) is 0.750. The van der Waals surface area contributed by atoms with E-state index in [-0.39, 0.29) is 0 Å². The summed E-state index contributed by atoms with van der Waals surface area (Å²) in [4.78, 5) is 16.0. The maximum atomic E-state index is 11.2. The van der Waals surface area contributed by atoms with Gasteiger partial charge in [-0.25, -0.2) is 9.78 Å². The fourth-order valence-electron chi connectivity index (χ4n) is 1.02. The molecule has 0 aliphatic carbocycles. The molecule has 0 spiro atoms. The normalized spacial score (nSPS) is 10.0. The van der Waals surface area contributed by atoms with Crippen LogP contribution in [0.25, 0.3) is 0 Å². The fraction of sp³-hybridized carbons (Fsp3) is 0.500. The predicted molar refractivity (Wildman–Crippen MR) is 51.9 cm³/mol. The molecule has 1 rings (SSSR count). The molecule has 1 aromatic heterocycles. The van der Waals surface area contributed by atoms with Crippen molar-refractivity contribution in [3.05, 3.63) is 10.6 Å². The Morgan fingerprint density at radius 2 is 2.38 bits per heavy atom. The third-order valence-electron chi connectivity index (χ3n) is 1.57. The van der Waals surface area contributed by atoms with E-state index in [4.69, 9.17) is 5.73 Å². The number of rotatable bonds is 3. The zero-order valence-electron chi connectivity index (χ0n) is 7.66. The standard InChI is InChI=1S/C8H12N2O2S/c1-3-4-5-6(7(11)12-2)10-8(9)13-5/h3-4H2,1-2H3,(H2,9,10). The van der Waals surface area contributed by atoms with Gasteiger partial charge in [0.25, 0.3) is 0 Å². The summed E-state index contributed by atoms with van der Waals surface area (Å²) in [5.74, 6) is -0.406. The van der Waals surface area contributed by atoms with Crippen LogP contribution < -0.4 is 5.73 Å². The number of aromatic nitrogens is 1. The van der Waals surface area contributed by atoms with Crippen molar-refractivity contribution in [2.75, 3.05) is 12.8 Å². The Balaban J connectivity index is 2.96. The van der Waals surface area contributed by atoms with Gasteiger partial charge in [0, 0.05) is 4.88 Å². The molecule has 0 aliphatic heterocycles. The first-order valence-corrected chi connectivity index (χ1v) is 4.84. The molecule has 0 aliphatic rings. The number of methoxy groups -OCH3 is 1. The molecule has 0 amide bonds. The van der Waals surface area contributed by atoms with E-state index in [1.165, 1.54) is 18.4 Å². The number of hydrogen-bond donors (Lipinski definition) is 1. The van der Waals surface area contributed by atoms with Crippen molar-refractivity contribution in [2.45, 2.75) is 19.8 Å². The van der Waals surface area contributed by atoms with Gasteiger partial charge in [0.1, 0.15) is 0 Å². The Hall–Kier alpha value is -1.10. The second-order valence-corrected chi connectivity index (χ2v) is 3.68. The Kier molecular flexibility index (Phi) is 3.25. The molecule has 2 N–H and O–H groups in total. The number of aryl methyl sites for hydroxylation is 1. The first-order chi connectivity index (χ1) is 6.19. The minimum Gasteiger partial charge on any atom is -0.464 e. The molecule has 0 unspecified atom stereocenters. The number of nitrogens with zero attached hydrogens (tertiary/aromatic N) is 1. The highest BCUT2D eigenvalue weighted by Gasteiger charge is 2.16. The number of ether oxygens (including phenoxy) is 1. The van der Waals surface area contributed by atoms with Crippen LogP contribution in [0.1, 0.15) is 28.7 Å². The summed E-state index contributed by atoms with van der Waals surface area (Å²) in [5.41, 5.74) is 5.87. The van der Waals surface area contributed by atoms with Crippen LogP contribution in [-0.2, 0) is 11.2 Å². The third kappa shape index (κ3) is 2.18. The molecular formula is C8H12N2O2S. The van der Waals surface area contributed by atoms with Crippen LogP contribution in [0, 0.1) is 0 Å². The minimum absolute atomic E-state index is 0.367. The summed E-state index contributed by atoms with van der Waals surface area (Å²) in [7, 11) is 1.34. The summed E-state index contributed by atoms with van der Waals surface area (Å²) in [6.07, 6.45) is 1.78. The lowest BCUT2D eigenvalue weighted by Crippen LogP contribution is -2.04. The Morgan fingerprint density at radius 1 is 1.69 bits per heavy atom. The second-order valence-electron chi connectivity index (χ2n) is 2.57. The van der Waals surface area contributed by atoms with Crippen molar-refractivity contribution < 1.29 is 9.53 Å². The van der Waals surface area contributed by atoms with E-state index in [2.05, 4.69) is 9.72 Å². The van der Waals surface area contributed by atoms with Gasteiger partial charge in [-0.2, -0.15) is 0 Å². The summed E-state index contributed by atoms with van der Waals surface area (Å²) >= 11 is 1.35. The smallest absolute Gasteiger partial charge is 0.357 e. The molecular weight excluding hydrogens is 188 g/mol. The van der Waals surface area contributed by atoms with E-state index in [0.717, 1.165) is 17.7 Å². The topological polar surface area (TPSA) is 65.2 Å². The van der Waals surface area contributed by atoms with Gasteiger partial charge < -0.3 is 10.5 Å². The van der Waals surface area contributed by atoms with Gasteiger partial charge in [-0.15, -0.1) is 11.3 Å². The Labute approximate surface area is 80.7 Å². The maximum Gasteiger partial charge on any atom is 0.357 e. The third-order valence-corrected chi connectivity index (χ3v) is 2.51. The Morgan fingerprint density at radius 3 is 2.92 bits per heavy atom. The lowest BCUT2D eigenvalue weighted by Gasteiger charge is -1.97. The van der Waals surface area contributed by atoms with E-state index >= 15 is 0 Å². The van der Waals surface area contributed by atoms with Crippen LogP contribution >= 0.6 is 11.3 Å². The average Bonchev–Trinajstić information content (AvgIpc) is 2.46. The summed E-state index contributed by atoms with van der Waals surface area (Å²) in [6.45, 7) is 2.04. The molecule has 0 saturated carbocycles. The molecule has 13 heavy (non-hydrogen) atoms. The first kappa shape index (κ1) is 9.98. The number of hydrogen-bond acceptors (Lipinski definition) is 5. The second kappa shape index (κ2) is 4.23. The monoisotopic (exact) mass is 200 g/mol. The highest BCUT2D eigenvalue weighted by Crippen LogP contribution is 2.22. The average molecular weight is 200 g/mol. The summed E-state index contributed by atoms with van der Waals surface area (Å²) in [5, 5.41) is 0.420. The number of carbonyl (C=O) groups is 1. The SMILES string of the molecule is CCCc1sc(N)nc1C(=O)OC. The van der Waals surface area contributed by atoms with Crippen LogP contribution in [0.4, 0.5) is 5.13 Å². The van der Waals surface area contributed by atoms with Crippen LogP contribution in [0.15, 0.2) is 0 Å². The van der Waals surface area contributed by atoms with Gasteiger partial charge in [0.05, 0.1) is 7.11 Å². The molecule has 0 bridgehead atoms. The van der Waals surface area contributed by atoms with E-state index in [0.29, 0.717) is 10.8 Å². The molecule has 1 heterocycles. The van der Waals surface area contributed by atoms with Crippen LogP contribution in [0.3, 0.4) is 0 Å². The van der Waals surface area contributed by atoms with Crippen molar-refractivity contribution in [1.82, 2.24) is 4.98 Å². The van der Waals surface area contributed by atoms with E-state index < -0.39 is 5.97 Å². The van der Waals surface area contributed by atoms with Crippen LogP contribution in [0.2, 0.25) is 0 Å². The van der Waals surface area contributed by atoms with Crippen molar-refractivity contribution in [2.24, 2.45) is 0 Å². The van der Waals surface area contributed by atoms with Gasteiger partial charge in [-0.3, -0.25) is 0 Å². The number of thiazole rings is 1. The van der Waals surface area contributed by atoms with Gasteiger partial charge in [0.2, 0.25) is 0 Å². The van der Waals surface area contributed by atoms with E-state index in [1.807, 2.05) is 6.92 Å². The number of nitrogens with two attached hydrogens (primary N) is 1. The number of nitrogen functional groups attached to an aromatic ring is 1. The molecule has 0 saturated heterocycles. The molecule has 0 aromatic carbocycles. The summed E-state index contributed by atoms with van der Waals surface area (Å²) in [6, 6.07) is 0. The number of esters is 1. The Bertz CT molecular complexity index is 309. The molecule has 0 fully saturated rings. The number of carbonyl (C=O) groups excluding carboxylic acids is 1. The molecule has 0 atom stereocenters. The van der Waals surface area contributed by atoms with Gasteiger partial charge in [-0.05, 0) is 6.42 Å². The van der Waals surface area contributed by atoms with Crippen molar-refractivity contribution >= 4 is 22.4 Å². The molecule has 72 valence electrons. The molecule has 0 radical (unpaired) electrons. The number of anilines is 1. The van der Waals surface area contributed by atoms with Crippen molar-refractivity contribution in [3.63, 3.8) is 0 Å². The zero-order valence-corrected chi connectivity index (χ0v) is 8.48. The minimum atomic E-state index is -0.406. The van der Waals surface area contributed by atoms with Gasteiger partial charge in [-0.1, -0.05) is 13.3 Å². The van der Waals surface area contributed by atoms with Gasteiger partial charge >= 0.3 is 5.97 Å². The molecule has 4 nitrogen and oxygen atoms in total. The van der Waals surface area contributed by atoms with Crippen molar-refractivity contribution in [1.29, 1.82) is 0 Å².